The van der Waals surface area contributed by atoms with Gasteiger partial charge in [-0.1, -0.05) is 60.1 Å². The molecule has 0 bridgehead atoms. The Bertz CT molecular complexity index is 1580. The van der Waals surface area contributed by atoms with Crippen molar-refractivity contribution in [2.24, 2.45) is 0 Å². The van der Waals surface area contributed by atoms with Crippen LogP contribution in [0.15, 0.2) is 83.6 Å². The van der Waals surface area contributed by atoms with Crippen molar-refractivity contribution in [1.82, 2.24) is 4.48 Å². The summed E-state index contributed by atoms with van der Waals surface area (Å²) in [7, 11) is 0. The molecule has 6 heteroatoms. The molecule has 184 valence electrons. The molecule has 0 unspecified atom stereocenters. The Balaban J connectivity index is 1.68. The molecule has 2 aliphatic rings. The first-order valence-corrected chi connectivity index (χ1v) is 12.6. The van der Waals surface area contributed by atoms with E-state index in [1.165, 1.54) is 8.96 Å². The van der Waals surface area contributed by atoms with E-state index in [-0.39, 0.29) is 0 Å². The lowest BCUT2D eigenvalue weighted by molar-refractivity contribution is -0.362. The van der Waals surface area contributed by atoms with Crippen molar-refractivity contribution >= 4 is 24.6 Å². The van der Waals surface area contributed by atoms with Gasteiger partial charge in [0.25, 0.3) is 0 Å². The Labute approximate surface area is 217 Å². The van der Waals surface area contributed by atoms with E-state index in [1.54, 1.807) is 13.0 Å². The second kappa shape index (κ2) is 9.64. The lowest BCUT2D eigenvalue weighted by atomic mass is 9.90. The average molecular weight is 491 g/mol. The van der Waals surface area contributed by atoms with Gasteiger partial charge in [0.2, 0.25) is 0 Å². The third kappa shape index (κ3) is 4.19. The number of hydrogen-bond donors (Lipinski definition) is 0. The van der Waals surface area contributed by atoms with Gasteiger partial charge >= 0.3 is 6.97 Å². The van der Waals surface area contributed by atoms with Gasteiger partial charge in [0.1, 0.15) is 5.71 Å². The maximum atomic E-state index is 16.5. The second-order valence-electron chi connectivity index (χ2n) is 9.15. The van der Waals surface area contributed by atoms with Crippen molar-refractivity contribution in [3.63, 3.8) is 0 Å². The van der Waals surface area contributed by atoms with Crippen LogP contribution in [0.25, 0.3) is 6.08 Å². The molecule has 0 radical (unpaired) electrons. The van der Waals surface area contributed by atoms with Gasteiger partial charge in [0.05, 0.1) is 17.0 Å². The van der Waals surface area contributed by atoms with Gasteiger partial charge < -0.3 is 22.5 Å². The van der Waals surface area contributed by atoms with Crippen LogP contribution in [0.1, 0.15) is 50.1 Å². The van der Waals surface area contributed by atoms with Crippen LogP contribution in [0.2, 0.25) is 0 Å². The van der Waals surface area contributed by atoms with E-state index >= 15 is 8.63 Å². The molecule has 0 fully saturated rings. The summed E-state index contributed by atoms with van der Waals surface area (Å²) in [5.74, 6) is 13.1. The van der Waals surface area contributed by atoms with Gasteiger partial charge in [-0.15, -0.1) is 0 Å². The van der Waals surface area contributed by atoms with Gasteiger partial charge in [-0.25, -0.2) is 0 Å². The molecule has 3 nitrogen and oxygen atoms in total. The first kappa shape index (κ1) is 24.4. The molecular weight excluding hydrogens is 463 g/mol. The zero-order valence-corrected chi connectivity index (χ0v) is 21.5. The number of benzene rings is 2. The Kier molecular flexibility index (Phi) is 6.36. The number of rotatable bonds is 3. The first-order chi connectivity index (χ1) is 17.9. The van der Waals surface area contributed by atoms with E-state index in [4.69, 9.17) is 0 Å². The highest BCUT2D eigenvalue weighted by Gasteiger charge is 2.55. The van der Waals surface area contributed by atoms with Gasteiger partial charge in [-0.2, -0.15) is 0 Å². The highest BCUT2D eigenvalue weighted by atomic mass is 19.2. The topological polar surface area (TPSA) is 11.2 Å². The van der Waals surface area contributed by atoms with Gasteiger partial charge in [-0.3, -0.25) is 0 Å². The molecule has 0 N–H and O–H groups in total. The summed E-state index contributed by atoms with van der Waals surface area (Å²) in [5.41, 5.74) is 5.14. The Morgan fingerprint density at radius 3 is 1.97 bits per heavy atom. The molecule has 0 saturated heterocycles. The van der Waals surface area contributed by atoms with Crippen molar-refractivity contribution < 1.29 is 13.1 Å². The number of anilines is 1. The van der Waals surface area contributed by atoms with Gasteiger partial charge in [-0.05, 0) is 51.1 Å². The smallest absolute Gasteiger partial charge is 0.389 e. The predicted octanol–water partition coefficient (Wildman–Crippen LogP) is 6.17. The molecular formula is C31H28BF2N3. The summed E-state index contributed by atoms with van der Waals surface area (Å²) in [6, 6.07) is 21.0. The highest BCUT2D eigenvalue weighted by Crippen LogP contribution is 2.41. The van der Waals surface area contributed by atoms with E-state index in [2.05, 4.69) is 23.7 Å². The Hall–Kier alpha value is -4.29. The van der Waals surface area contributed by atoms with Gasteiger partial charge in [0.15, 0.2) is 5.70 Å². The fraction of sp³-hybridized carbons (Fsp3) is 0.194. The molecule has 5 rings (SSSR count). The second-order valence-corrected chi connectivity index (χ2v) is 9.15. The zero-order chi connectivity index (χ0) is 26.2. The van der Waals surface area contributed by atoms with E-state index in [0.29, 0.717) is 47.1 Å². The van der Waals surface area contributed by atoms with E-state index < -0.39 is 6.97 Å². The van der Waals surface area contributed by atoms with E-state index in [9.17, 15) is 0 Å². The SMILES string of the molecule is CCN(CC)c1c(C#Cc2ccccc2)cc2n1[B-](F)(F)[N+]1=C(C)C(C#Cc3ccccc3)=C(C)C1=C2. The Morgan fingerprint density at radius 1 is 0.838 bits per heavy atom. The molecule has 2 aliphatic heterocycles. The molecule has 3 heterocycles. The molecule has 1 aromatic heterocycles. The lowest BCUT2D eigenvalue weighted by Gasteiger charge is -2.34. The van der Waals surface area contributed by atoms with Crippen LogP contribution in [-0.2, 0) is 0 Å². The standard InChI is InChI=1S/C31H28BF2N3/c1-5-35(6-2)31-27(19-17-25-13-9-7-10-14-25)21-28-22-30-23(3)29(20-18-26-15-11-8-12-16-26)24(4)36(30)32(33,34)37(28)31/h7-16,21-22H,5-6H2,1-4H3. The number of halogens is 2. The maximum absolute atomic E-state index is 16.5. The third-order valence-electron chi connectivity index (χ3n) is 6.97. The van der Waals surface area contributed by atoms with Gasteiger partial charge in [0, 0.05) is 48.5 Å². The highest BCUT2D eigenvalue weighted by molar-refractivity contribution is 6.58. The zero-order valence-electron chi connectivity index (χ0n) is 21.5. The number of aromatic nitrogens is 1. The van der Waals surface area contributed by atoms with Crippen LogP contribution in [0.3, 0.4) is 0 Å². The first-order valence-electron chi connectivity index (χ1n) is 12.6. The normalized spacial score (nSPS) is 15.2. The molecule has 0 saturated carbocycles. The van der Waals surface area contributed by atoms with Crippen LogP contribution in [0, 0.1) is 23.7 Å². The number of allylic oxidation sites excluding steroid dienone is 2. The van der Waals surface area contributed by atoms with Crippen molar-refractivity contribution in [1.29, 1.82) is 0 Å². The molecule has 37 heavy (non-hydrogen) atoms. The minimum Gasteiger partial charge on any atom is -0.389 e. The van der Waals surface area contributed by atoms with Crippen molar-refractivity contribution in [3.8, 4) is 23.7 Å². The van der Waals surface area contributed by atoms with Crippen LogP contribution in [-0.4, -0.2) is 34.7 Å². The third-order valence-corrected chi connectivity index (χ3v) is 6.97. The average Bonchev–Trinajstić information content (AvgIpc) is 3.39. The molecule has 3 aromatic rings. The molecule has 0 atom stereocenters. The summed E-state index contributed by atoms with van der Waals surface area (Å²) in [4.78, 5) is 1.95. The molecule has 2 aromatic carbocycles. The van der Waals surface area contributed by atoms with Crippen LogP contribution >= 0.6 is 0 Å². The summed E-state index contributed by atoms with van der Waals surface area (Å²) < 4.78 is 35.4. The lowest BCUT2D eigenvalue weighted by Crippen LogP contribution is -2.51. The number of hydrogen-bond acceptors (Lipinski definition) is 1. The summed E-state index contributed by atoms with van der Waals surface area (Å²) >= 11 is 0. The van der Waals surface area contributed by atoms with Crippen LogP contribution in [0.5, 0.6) is 0 Å². The minimum absolute atomic E-state index is 0.456. The molecule has 0 aliphatic carbocycles. The quantitative estimate of drug-likeness (QED) is 0.315. The monoisotopic (exact) mass is 491 g/mol. The predicted molar refractivity (Wildman–Crippen MR) is 149 cm³/mol. The summed E-state index contributed by atoms with van der Waals surface area (Å²) in [6.45, 7) is 4.57. The van der Waals surface area contributed by atoms with Crippen molar-refractivity contribution in [2.45, 2.75) is 27.7 Å². The van der Waals surface area contributed by atoms with Crippen LogP contribution < -0.4 is 4.90 Å². The Morgan fingerprint density at radius 2 is 1.41 bits per heavy atom. The maximum Gasteiger partial charge on any atom is 0.738 e. The van der Waals surface area contributed by atoms with Crippen LogP contribution in [0.4, 0.5) is 14.4 Å². The van der Waals surface area contributed by atoms with E-state index in [1.807, 2.05) is 92.4 Å². The minimum atomic E-state index is -4.17. The fourth-order valence-corrected chi connectivity index (χ4v) is 5.13. The summed E-state index contributed by atoms with van der Waals surface area (Å²) in [6.07, 6.45) is 1.84. The summed E-state index contributed by atoms with van der Waals surface area (Å²) in [5, 5.41) is 0. The molecule has 0 spiro atoms. The molecule has 0 amide bonds. The van der Waals surface area contributed by atoms with E-state index in [0.717, 1.165) is 16.7 Å². The van der Waals surface area contributed by atoms with Crippen molar-refractivity contribution in [2.75, 3.05) is 18.0 Å². The fourth-order valence-electron chi connectivity index (χ4n) is 5.13. The largest absolute Gasteiger partial charge is 0.738 e. The number of nitrogens with zero attached hydrogens (tertiary/aromatic N) is 3. The van der Waals surface area contributed by atoms with Crippen molar-refractivity contribution in [3.05, 3.63) is 106 Å². The number of fused-ring (bicyclic) bond motifs is 2.